The predicted octanol–water partition coefficient (Wildman–Crippen LogP) is 3.82. The maximum absolute atomic E-state index is 13.2. The molecule has 0 bridgehead atoms. The molecule has 1 aliphatic rings. The van der Waals surface area contributed by atoms with Gasteiger partial charge in [-0.1, -0.05) is 54.2 Å². The molecule has 0 saturated carbocycles. The van der Waals surface area contributed by atoms with Gasteiger partial charge >= 0.3 is 12.1 Å². The molecule has 2 atom stereocenters. The number of rotatable bonds is 6. The van der Waals surface area contributed by atoms with Crippen LogP contribution < -0.4 is 10.6 Å². The van der Waals surface area contributed by atoms with Crippen LogP contribution in [-0.4, -0.2) is 30.6 Å². The molecular weight excluding hydrogens is 471 g/mol. The number of hydrogen-bond acceptors (Lipinski definition) is 6. The first kappa shape index (κ1) is 24.9. The van der Waals surface area contributed by atoms with Crippen LogP contribution in [-0.2, 0) is 25.3 Å². The van der Waals surface area contributed by atoms with Gasteiger partial charge < -0.3 is 15.4 Å². The Morgan fingerprint density at radius 2 is 1.79 bits per heavy atom. The number of carbonyl (C=O) groups excluding carboxylic acids is 3. The maximum Gasteiger partial charge on any atom is 0.418 e. The van der Waals surface area contributed by atoms with Crippen LogP contribution in [0.25, 0.3) is 0 Å². The van der Waals surface area contributed by atoms with Gasteiger partial charge in [0, 0.05) is 5.92 Å². The van der Waals surface area contributed by atoms with Crippen LogP contribution in [0, 0.1) is 17.2 Å². The highest BCUT2D eigenvalue weighted by molar-refractivity contribution is 8.03. The van der Waals surface area contributed by atoms with Gasteiger partial charge in [0.25, 0.3) is 0 Å². The lowest BCUT2D eigenvalue weighted by atomic mass is 9.78. The molecule has 0 unspecified atom stereocenters. The van der Waals surface area contributed by atoms with E-state index < -0.39 is 52.8 Å². The van der Waals surface area contributed by atoms with Gasteiger partial charge in [0.2, 0.25) is 11.8 Å². The number of benzene rings is 2. The third-order valence-electron chi connectivity index (χ3n) is 5.00. The van der Waals surface area contributed by atoms with Gasteiger partial charge in [-0.25, -0.2) is 0 Å². The fourth-order valence-corrected chi connectivity index (χ4v) is 4.35. The second-order valence-corrected chi connectivity index (χ2v) is 8.10. The fraction of sp³-hybridized carbons (Fsp3) is 0.217. The van der Waals surface area contributed by atoms with Crippen LogP contribution in [0.3, 0.4) is 0 Å². The fourth-order valence-electron chi connectivity index (χ4n) is 3.50. The molecule has 0 saturated heterocycles. The first-order valence-corrected chi connectivity index (χ1v) is 10.8. The Labute approximate surface area is 197 Å². The van der Waals surface area contributed by atoms with E-state index >= 15 is 0 Å². The molecule has 0 aliphatic carbocycles. The van der Waals surface area contributed by atoms with Gasteiger partial charge in [0.1, 0.15) is 5.92 Å². The Balaban J connectivity index is 1.87. The Morgan fingerprint density at radius 1 is 1.15 bits per heavy atom. The second kappa shape index (κ2) is 10.4. The summed E-state index contributed by atoms with van der Waals surface area (Å²) in [6.45, 7) is 0. The minimum Gasteiger partial charge on any atom is -0.468 e. The topological polar surface area (TPSA) is 108 Å². The minimum absolute atomic E-state index is 0.0368. The van der Waals surface area contributed by atoms with Crippen molar-refractivity contribution in [2.24, 2.45) is 5.92 Å². The van der Waals surface area contributed by atoms with Crippen molar-refractivity contribution in [3.05, 3.63) is 76.3 Å². The Kier molecular flexibility index (Phi) is 7.63. The van der Waals surface area contributed by atoms with Crippen molar-refractivity contribution >= 4 is 35.2 Å². The van der Waals surface area contributed by atoms with E-state index in [9.17, 15) is 32.8 Å². The number of methoxy groups -OCH3 is 1. The van der Waals surface area contributed by atoms with Gasteiger partial charge in [0.05, 0.1) is 40.8 Å². The van der Waals surface area contributed by atoms with Crippen LogP contribution in [0.4, 0.5) is 18.9 Å². The van der Waals surface area contributed by atoms with Crippen molar-refractivity contribution in [1.82, 2.24) is 5.32 Å². The Hall–Kier alpha value is -3.78. The number of nitrogens with one attached hydrogen (secondary N) is 2. The minimum atomic E-state index is -4.66. The summed E-state index contributed by atoms with van der Waals surface area (Å²) in [5.74, 6) is -4.98. The molecule has 2 N–H and O–H groups in total. The molecule has 0 radical (unpaired) electrons. The lowest BCUT2D eigenvalue weighted by Gasteiger charge is -2.30. The molecule has 0 spiro atoms. The predicted molar refractivity (Wildman–Crippen MR) is 118 cm³/mol. The van der Waals surface area contributed by atoms with Crippen molar-refractivity contribution < 1.29 is 32.3 Å². The molecule has 2 amide bonds. The summed E-state index contributed by atoms with van der Waals surface area (Å²) in [6.07, 6.45) is -4.66. The number of halogens is 3. The average Bonchev–Trinajstić information content (AvgIpc) is 2.82. The highest BCUT2D eigenvalue weighted by Gasteiger charge is 2.44. The van der Waals surface area contributed by atoms with Gasteiger partial charge in [0.15, 0.2) is 0 Å². The monoisotopic (exact) mass is 489 g/mol. The number of hydrogen-bond donors (Lipinski definition) is 2. The summed E-state index contributed by atoms with van der Waals surface area (Å²) < 4.78 is 44.2. The van der Waals surface area contributed by atoms with E-state index in [1.165, 1.54) is 12.1 Å². The number of nitrogens with zero attached hydrogens (tertiary/aromatic N) is 1. The molecule has 0 aromatic heterocycles. The molecular formula is C23H18F3N3O4S. The standard InChI is InChI=1S/C23H18F3N3O4S/c1-33-22(32)19-18(13-7-3-2-4-8-13)14(11-27)21(29-20(19)31)34-12-17(30)28-16-10-6-5-9-15(16)23(24,25)26/h2-10,18-19H,12H2,1H3,(H,28,30)(H,29,31)/t18-,19+/m1/s1. The Morgan fingerprint density at radius 3 is 2.41 bits per heavy atom. The summed E-state index contributed by atoms with van der Waals surface area (Å²) in [4.78, 5) is 37.5. The third-order valence-corrected chi connectivity index (χ3v) is 6.01. The van der Waals surface area contributed by atoms with E-state index in [4.69, 9.17) is 4.74 Å². The molecule has 0 fully saturated rings. The van der Waals surface area contributed by atoms with E-state index in [2.05, 4.69) is 10.6 Å². The number of thioether (sulfide) groups is 1. The van der Waals surface area contributed by atoms with Crippen LogP contribution in [0.2, 0.25) is 0 Å². The van der Waals surface area contributed by atoms with Crippen LogP contribution in [0.5, 0.6) is 0 Å². The van der Waals surface area contributed by atoms with E-state index in [1.54, 1.807) is 30.3 Å². The van der Waals surface area contributed by atoms with E-state index in [0.29, 0.717) is 5.56 Å². The maximum atomic E-state index is 13.2. The van der Waals surface area contributed by atoms with E-state index in [0.717, 1.165) is 31.0 Å². The second-order valence-electron chi connectivity index (χ2n) is 7.11. The highest BCUT2D eigenvalue weighted by Crippen LogP contribution is 2.40. The normalized spacial score (nSPS) is 18.0. The zero-order chi connectivity index (χ0) is 24.9. The van der Waals surface area contributed by atoms with Crippen molar-refractivity contribution in [2.75, 3.05) is 18.2 Å². The van der Waals surface area contributed by atoms with Crippen LogP contribution in [0.15, 0.2) is 65.2 Å². The number of nitriles is 1. The zero-order valence-corrected chi connectivity index (χ0v) is 18.5. The molecule has 1 aliphatic heterocycles. The van der Waals surface area contributed by atoms with Crippen molar-refractivity contribution in [3.63, 3.8) is 0 Å². The number of esters is 1. The summed E-state index contributed by atoms with van der Waals surface area (Å²) in [5.41, 5.74) is -0.849. The summed E-state index contributed by atoms with van der Waals surface area (Å²) in [5, 5.41) is 14.5. The summed E-state index contributed by atoms with van der Waals surface area (Å²) in [6, 6.07) is 14.9. The summed E-state index contributed by atoms with van der Waals surface area (Å²) >= 11 is 0.774. The van der Waals surface area contributed by atoms with Gasteiger partial charge in [-0.05, 0) is 17.7 Å². The smallest absolute Gasteiger partial charge is 0.418 e. The van der Waals surface area contributed by atoms with E-state index in [-0.39, 0.29) is 10.6 Å². The molecule has 7 nitrogen and oxygen atoms in total. The molecule has 2 aromatic carbocycles. The quantitative estimate of drug-likeness (QED) is 0.472. The largest absolute Gasteiger partial charge is 0.468 e. The molecule has 34 heavy (non-hydrogen) atoms. The van der Waals surface area contributed by atoms with Crippen LogP contribution in [0.1, 0.15) is 17.0 Å². The number of anilines is 1. The first-order chi connectivity index (χ1) is 16.2. The number of para-hydroxylation sites is 1. The Bertz CT molecular complexity index is 1180. The molecule has 2 aromatic rings. The number of alkyl halides is 3. The van der Waals surface area contributed by atoms with Crippen molar-refractivity contribution in [3.8, 4) is 6.07 Å². The number of allylic oxidation sites excluding steroid dienone is 1. The molecule has 11 heteroatoms. The first-order valence-electron chi connectivity index (χ1n) is 9.84. The lowest BCUT2D eigenvalue weighted by Crippen LogP contribution is -2.44. The number of carbonyl (C=O) groups is 3. The van der Waals surface area contributed by atoms with Gasteiger partial charge in [-0.15, -0.1) is 0 Å². The summed E-state index contributed by atoms with van der Waals surface area (Å²) in [7, 11) is 1.13. The average molecular weight is 489 g/mol. The van der Waals surface area contributed by atoms with Crippen molar-refractivity contribution in [1.29, 1.82) is 5.26 Å². The lowest BCUT2D eigenvalue weighted by molar-refractivity contribution is -0.150. The molecule has 176 valence electrons. The highest BCUT2D eigenvalue weighted by atomic mass is 32.2. The number of ether oxygens (including phenoxy) is 1. The number of amides is 2. The van der Waals surface area contributed by atoms with Crippen molar-refractivity contribution in [2.45, 2.75) is 12.1 Å². The molecule has 1 heterocycles. The van der Waals surface area contributed by atoms with Gasteiger partial charge in [-0.3, -0.25) is 14.4 Å². The van der Waals surface area contributed by atoms with Crippen LogP contribution >= 0.6 is 11.8 Å². The third kappa shape index (κ3) is 5.40. The van der Waals surface area contributed by atoms with Gasteiger partial charge in [-0.2, -0.15) is 18.4 Å². The van der Waals surface area contributed by atoms with E-state index in [1.807, 2.05) is 6.07 Å². The zero-order valence-electron chi connectivity index (χ0n) is 17.7. The SMILES string of the molecule is COC(=O)[C@@H]1C(=O)NC(SCC(=O)Nc2ccccc2C(F)(F)F)=C(C#N)[C@H]1c1ccccc1. The molecule has 3 rings (SSSR count).